The van der Waals surface area contributed by atoms with E-state index in [-0.39, 0.29) is 17.0 Å². The zero-order valence-electron chi connectivity index (χ0n) is 10.4. The lowest BCUT2D eigenvalue weighted by Gasteiger charge is -2.09. The SMILES string of the molecule is C/C(O)=C(/C#CN)C(=O)Nc1ccc(C(F)(F)F)cc1. The van der Waals surface area contributed by atoms with Crippen LogP contribution in [0.2, 0.25) is 0 Å². The van der Waals surface area contributed by atoms with Crippen LogP contribution in [-0.4, -0.2) is 11.0 Å². The summed E-state index contributed by atoms with van der Waals surface area (Å²) < 4.78 is 37.1. The first-order valence-corrected chi connectivity index (χ1v) is 5.35. The van der Waals surface area contributed by atoms with Gasteiger partial charge in [-0.1, -0.05) is 0 Å². The maximum absolute atomic E-state index is 12.4. The van der Waals surface area contributed by atoms with Crippen LogP contribution in [0.1, 0.15) is 12.5 Å². The van der Waals surface area contributed by atoms with Gasteiger partial charge < -0.3 is 16.2 Å². The highest BCUT2D eigenvalue weighted by molar-refractivity contribution is 6.07. The van der Waals surface area contributed by atoms with Gasteiger partial charge in [0, 0.05) is 11.7 Å². The van der Waals surface area contributed by atoms with Gasteiger partial charge >= 0.3 is 6.18 Å². The van der Waals surface area contributed by atoms with E-state index < -0.39 is 17.6 Å². The van der Waals surface area contributed by atoms with Crippen molar-refractivity contribution in [2.24, 2.45) is 5.73 Å². The van der Waals surface area contributed by atoms with Crippen molar-refractivity contribution in [3.05, 3.63) is 41.2 Å². The van der Waals surface area contributed by atoms with Gasteiger partial charge in [0.2, 0.25) is 0 Å². The molecular formula is C13H11F3N2O2. The zero-order chi connectivity index (χ0) is 15.3. The van der Waals surface area contributed by atoms with Crippen molar-refractivity contribution in [3.63, 3.8) is 0 Å². The lowest BCUT2D eigenvalue weighted by atomic mass is 10.2. The summed E-state index contributed by atoms with van der Waals surface area (Å²) in [5, 5.41) is 11.6. The van der Waals surface area contributed by atoms with Crippen LogP contribution in [0.4, 0.5) is 18.9 Å². The molecule has 0 aliphatic rings. The van der Waals surface area contributed by atoms with E-state index in [9.17, 15) is 23.1 Å². The molecule has 0 fully saturated rings. The molecule has 0 heterocycles. The van der Waals surface area contributed by atoms with Gasteiger partial charge in [0.15, 0.2) is 0 Å². The molecule has 4 N–H and O–H groups in total. The van der Waals surface area contributed by atoms with Crippen molar-refractivity contribution in [3.8, 4) is 12.0 Å². The molecule has 0 unspecified atom stereocenters. The minimum atomic E-state index is -4.44. The lowest BCUT2D eigenvalue weighted by molar-refractivity contribution is -0.137. The van der Waals surface area contributed by atoms with Crippen molar-refractivity contribution < 1.29 is 23.1 Å². The molecule has 1 aromatic rings. The summed E-state index contributed by atoms with van der Waals surface area (Å²) in [5.74, 6) is 1.10. The Morgan fingerprint density at radius 2 is 1.85 bits per heavy atom. The smallest absolute Gasteiger partial charge is 0.416 e. The van der Waals surface area contributed by atoms with Gasteiger partial charge in [-0.2, -0.15) is 13.2 Å². The van der Waals surface area contributed by atoms with Crippen LogP contribution in [0.25, 0.3) is 0 Å². The van der Waals surface area contributed by atoms with E-state index in [0.717, 1.165) is 24.3 Å². The third-order valence-corrected chi connectivity index (χ3v) is 2.26. The molecule has 0 radical (unpaired) electrons. The summed E-state index contributed by atoms with van der Waals surface area (Å²) in [5.41, 5.74) is 4.01. The number of carbonyl (C=O) groups excluding carboxylic acids is 1. The highest BCUT2D eigenvalue weighted by Gasteiger charge is 2.30. The lowest BCUT2D eigenvalue weighted by Crippen LogP contribution is -2.15. The Balaban J connectivity index is 2.91. The number of benzene rings is 1. The van der Waals surface area contributed by atoms with Crippen molar-refractivity contribution in [1.29, 1.82) is 0 Å². The number of aliphatic hydroxyl groups excluding tert-OH is 1. The number of anilines is 1. The predicted molar refractivity (Wildman–Crippen MR) is 67.4 cm³/mol. The van der Waals surface area contributed by atoms with E-state index in [0.29, 0.717) is 0 Å². The van der Waals surface area contributed by atoms with Gasteiger partial charge in [-0.3, -0.25) is 4.79 Å². The van der Waals surface area contributed by atoms with Crippen molar-refractivity contribution in [1.82, 2.24) is 0 Å². The number of nitrogens with one attached hydrogen (secondary N) is 1. The molecule has 0 saturated heterocycles. The molecule has 0 aliphatic heterocycles. The number of nitrogens with two attached hydrogens (primary N) is 1. The van der Waals surface area contributed by atoms with Crippen LogP contribution >= 0.6 is 0 Å². The average molecular weight is 284 g/mol. The summed E-state index contributed by atoms with van der Waals surface area (Å²) in [6.45, 7) is 1.24. The first-order chi connectivity index (χ1) is 9.25. The molecule has 1 aromatic carbocycles. The van der Waals surface area contributed by atoms with Gasteiger partial charge in [0.1, 0.15) is 11.3 Å². The van der Waals surface area contributed by atoms with Crippen molar-refractivity contribution in [2.75, 3.05) is 5.32 Å². The number of carbonyl (C=O) groups is 1. The van der Waals surface area contributed by atoms with Crippen molar-refractivity contribution in [2.45, 2.75) is 13.1 Å². The molecule has 0 saturated carbocycles. The van der Waals surface area contributed by atoms with E-state index in [2.05, 4.69) is 11.2 Å². The molecule has 7 heteroatoms. The maximum atomic E-state index is 12.4. The zero-order valence-corrected chi connectivity index (χ0v) is 10.4. The van der Waals surface area contributed by atoms with Crippen molar-refractivity contribution >= 4 is 11.6 Å². The average Bonchev–Trinajstić information content (AvgIpc) is 2.34. The number of aliphatic hydroxyl groups is 1. The van der Waals surface area contributed by atoms with Gasteiger partial charge in [-0.25, -0.2) is 0 Å². The van der Waals surface area contributed by atoms with E-state index >= 15 is 0 Å². The van der Waals surface area contributed by atoms with E-state index in [1.54, 1.807) is 0 Å². The normalized spacial score (nSPS) is 12.0. The van der Waals surface area contributed by atoms with Crippen LogP contribution in [0, 0.1) is 12.0 Å². The van der Waals surface area contributed by atoms with Gasteiger partial charge in [-0.05, 0) is 37.1 Å². The van der Waals surface area contributed by atoms with Gasteiger partial charge in [0.05, 0.1) is 5.56 Å². The third kappa shape index (κ3) is 3.95. The quantitative estimate of drug-likeness (QED) is 0.338. The number of allylic oxidation sites excluding steroid dienone is 1. The number of hydrogen-bond acceptors (Lipinski definition) is 3. The Bertz CT molecular complexity index is 589. The monoisotopic (exact) mass is 284 g/mol. The van der Waals surface area contributed by atoms with E-state index in [1.807, 2.05) is 6.04 Å². The number of halogens is 3. The summed E-state index contributed by atoms with van der Waals surface area (Å²) >= 11 is 0. The molecule has 0 spiro atoms. The molecule has 0 aromatic heterocycles. The van der Waals surface area contributed by atoms with Crippen LogP contribution in [0.5, 0.6) is 0 Å². The second kappa shape index (κ2) is 6.02. The highest BCUT2D eigenvalue weighted by atomic mass is 19.4. The maximum Gasteiger partial charge on any atom is 0.416 e. The molecule has 4 nitrogen and oxygen atoms in total. The van der Waals surface area contributed by atoms with Gasteiger partial charge in [0.25, 0.3) is 5.91 Å². The Hall–Kier alpha value is -2.62. The summed E-state index contributed by atoms with van der Waals surface area (Å²) in [6, 6.07) is 5.83. The molecule has 0 atom stereocenters. The number of alkyl halides is 3. The van der Waals surface area contributed by atoms with Crippen LogP contribution in [0.3, 0.4) is 0 Å². The minimum Gasteiger partial charge on any atom is -0.511 e. The van der Waals surface area contributed by atoms with E-state index in [1.165, 1.54) is 6.92 Å². The first kappa shape index (κ1) is 15.4. The third-order valence-electron chi connectivity index (χ3n) is 2.26. The Morgan fingerprint density at radius 3 is 2.25 bits per heavy atom. The molecule has 1 rings (SSSR count). The topological polar surface area (TPSA) is 75.3 Å². The highest BCUT2D eigenvalue weighted by Crippen LogP contribution is 2.29. The number of hydrogen-bond donors (Lipinski definition) is 3. The fraction of sp³-hybridized carbons (Fsp3) is 0.154. The summed E-state index contributed by atoms with van der Waals surface area (Å²) in [6.07, 6.45) is -4.44. The Kier molecular flexibility index (Phi) is 4.64. The molecule has 0 bridgehead atoms. The van der Waals surface area contributed by atoms with Crippen LogP contribution in [-0.2, 0) is 11.0 Å². The number of amides is 1. The first-order valence-electron chi connectivity index (χ1n) is 5.35. The van der Waals surface area contributed by atoms with Gasteiger partial charge in [-0.15, -0.1) is 0 Å². The van der Waals surface area contributed by atoms with Crippen LogP contribution < -0.4 is 11.1 Å². The second-order valence-electron chi connectivity index (χ2n) is 3.76. The fourth-order valence-electron chi connectivity index (χ4n) is 1.32. The molecule has 106 valence electrons. The molecule has 1 amide bonds. The summed E-state index contributed by atoms with van der Waals surface area (Å²) in [4.78, 5) is 11.7. The molecular weight excluding hydrogens is 273 g/mol. The largest absolute Gasteiger partial charge is 0.511 e. The second-order valence-corrected chi connectivity index (χ2v) is 3.76. The Morgan fingerprint density at radius 1 is 1.30 bits per heavy atom. The predicted octanol–water partition coefficient (Wildman–Crippen LogP) is 2.40. The van der Waals surface area contributed by atoms with E-state index in [4.69, 9.17) is 5.73 Å². The number of rotatable bonds is 2. The summed E-state index contributed by atoms with van der Waals surface area (Å²) in [7, 11) is 0. The Labute approximate surface area is 113 Å². The van der Waals surface area contributed by atoms with Crippen LogP contribution in [0.15, 0.2) is 35.6 Å². The fourth-order valence-corrected chi connectivity index (χ4v) is 1.32. The molecule has 0 aliphatic carbocycles. The molecule has 20 heavy (non-hydrogen) atoms. The minimum absolute atomic E-state index is 0.139. The standard InChI is InChI=1S/C13H11F3N2O2/c1-8(19)11(6-7-17)12(20)18-10-4-2-9(3-5-10)13(14,15)16/h2-5,19H,17H2,1H3,(H,18,20)/b11-8+.